The van der Waals surface area contributed by atoms with E-state index in [4.69, 9.17) is 0 Å². The van der Waals surface area contributed by atoms with E-state index in [1.807, 2.05) is 18.2 Å². The smallest absolute Gasteiger partial charge is 0.243 e. The lowest BCUT2D eigenvalue weighted by atomic mass is 10.0. The molecule has 0 aromatic heterocycles. The van der Waals surface area contributed by atoms with Crippen LogP contribution in [0.3, 0.4) is 0 Å². The van der Waals surface area contributed by atoms with Gasteiger partial charge in [-0.2, -0.15) is 0 Å². The van der Waals surface area contributed by atoms with Gasteiger partial charge in [-0.25, -0.2) is 0 Å². The molecule has 0 aliphatic rings. The molecule has 2 aromatic carbocycles. The maximum absolute atomic E-state index is 12.2. The second-order valence-electron chi connectivity index (χ2n) is 5.75. The Morgan fingerprint density at radius 3 is 2.22 bits per heavy atom. The standard InChI is InChI=1S/C19H22N2O2/c1-13(2)15-8-4-6-10-17(15)20-12-19(23)21-18-11-7-5-9-16(18)14(3)22/h4-11,13,20H,12H2,1-3H3,(H,21,23). The highest BCUT2D eigenvalue weighted by Gasteiger charge is 2.11. The van der Waals surface area contributed by atoms with Gasteiger partial charge in [-0.05, 0) is 36.6 Å². The maximum Gasteiger partial charge on any atom is 0.243 e. The SMILES string of the molecule is CC(=O)c1ccccc1NC(=O)CNc1ccccc1C(C)C. The van der Waals surface area contributed by atoms with Crippen LogP contribution in [0.5, 0.6) is 0 Å². The van der Waals surface area contributed by atoms with Crippen molar-refractivity contribution in [3.63, 3.8) is 0 Å². The van der Waals surface area contributed by atoms with E-state index in [-0.39, 0.29) is 18.2 Å². The first kappa shape index (κ1) is 16.7. The van der Waals surface area contributed by atoms with E-state index in [0.29, 0.717) is 17.2 Å². The molecule has 0 saturated carbocycles. The van der Waals surface area contributed by atoms with E-state index >= 15 is 0 Å². The van der Waals surface area contributed by atoms with Crippen molar-refractivity contribution in [2.24, 2.45) is 0 Å². The number of hydrogen-bond donors (Lipinski definition) is 2. The fourth-order valence-electron chi connectivity index (χ4n) is 2.43. The Balaban J connectivity index is 2.03. The molecule has 4 heteroatoms. The van der Waals surface area contributed by atoms with Crippen molar-refractivity contribution < 1.29 is 9.59 Å². The van der Waals surface area contributed by atoms with Gasteiger partial charge >= 0.3 is 0 Å². The van der Waals surface area contributed by atoms with Crippen molar-refractivity contribution >= 4 is 23.1 Å². The topological polar surface area (TPSA) is 58.2 Å². The lowest BCUT2D eigenvalue weighted by Crippen LogP contribution is -2.23. The van der Waals surface area contributed by atoms with Crippen LogP contribution >= 0.6 is 0 Å². The van der Waals surface area contributed by atoms with Crippen LogP contribution < -0.4 is 10.6 Å². The molecule has 0 unspecified atom stereocenters. The first-order valence-electron chi connectivity index (χ1n) is 7.71. The van der Waals surface area contributed by atoms with Gasteiger partial charge in [0, 0.05) is 11.3 Å². The number of nitrogens with one attached hydrogen (secondary N) is 2. The van der Waals surface area contributed by atoms with Crippen molar-refractivity contribution in [1.82, 2.24) is 0 Å². The minimum atomic E-state index is -0.183. The Morgan fingerprint density at radius 2 is 1.57 bits per heavy atom. The minimum Gasteiger partial charge on any atom is -0.376 e. The van der Waals surface area contributed by atoms with Crippen LogP contribution in [0, 0.1) is 0 Å². The number of hydrogen-bond acceptors (Lipinski definition) is 3. The van der Waals surface area contributed by atoms with Gasteiger partial charge in [0.25, 0.3) is 0 Å². The molecule has 120 valence electrons. The van der Waals surface area contributed by atoms with Gasteiger partial charge in [0.1, 0.15) is 0 Å². The Morgan fingerprint density at radius 1 is 0.957 bits per heavy atom. The largest absolute Gasteiger partial charge is 0.376 e. The molecule has 0 spiro atoms. The number of rotatable bonds is 6. The van der Waals surface area contributed by atoms with Crippen molar-refractivity contribution in [3.8, 4) is 0 Å². The number of carbonyl (C=O) groups excluding carboxylic acids is 2. The second-order valence-corrected chi connectivity index (χ2v) is 5.75. The Kier molecular flexibility index (Phi) is 5.52. The first-order chi connectivity index (χ1) is 11.0. The van der Waals surface area contributed by atoms with Crippen LogP contribution in [0.4, 0.5) is 11.4 Å². The summed E-state index contributed by atoms with van der Waals surface area (Å²) in [6.07, 6.45) is 0. The summed E-state index contributed by atoms with van der Waals surface area (Å²) in [5, 5.41) is 5.95. The molecule has 23 heavy (non-hydrogen) atoms. The van der Waals surface area contributed by atoms with E-state index in [9.17, 15) is 9.59 Å². The molecule has 2 N–H and O–H groups in total. The summed E-state index contributed by atoms with van der Waals surface area (Å²) >= 11 is 0. The van der Waals surface area contributed by atoms with Crippen molar-refractivity contribution in [1.29, 1.82) is 0 Å². The molecule has 0 atom stereocenters. The molecular formula is C19H22N2O2. The molecule has 0 radical (unpaired) electrons. The summed E-state index contributed by atoms with van der Waals surface area (Å²) in [5.41, 5.74) is 3.19. The van der Waals surface area contributed by atoms with Crippen LogP contribution in [0.25, 0.3) is 0 Å². The zero-order valence-electron chi connectivity index (χ0n) is 13.7. The highest BCUT2D eigenvalue weighted by molar-refractivity contribution is 6.04. The normalized spacial score (nSPS) is 10.4. The summed E-state index contributed by atoms with van der Waals surface area (Å²) in [6, 6.07) is 15.0. The van der Waals surface area contributed by atoms with Gasteiger partial charge in [-0.3, -0.25) is 9.59 Å². The van der Waals surface area contributed by atoms with Gasteiger partial charge in [-0.15, -0.1) is 0 Å². The third-order valence-corrected chi connectivity index (χ3v) is 3.60. The lowest BCUT2D eigenvalue weighted by molar-refractivity contribution is -0.114. The molecule has 1 amide bonds. The number of benzene rings is 2. The molecular weight excluding hydrogens is 288 g/mol. The number of carbonyl (C=O) groups is 2. The van der Waals surface area contributed by atoms with E-state index < -0.39 is 0 Å². The van der Waals surface area contributed by atoms with Gasteiger partial charge in [0.2, 0.25) is 5.91 Å². The van der Waals surface area contributed by atoms with Crippen LogP contribution in [0.1, 0.15) is 42.6 Å². The Bertz CT molecular complexity index is 708. The summed E-state index contributed by atoms with van der Waals surface area (Å²) in [5.74, 6) is 0.122. The molecule has 0 saturated heterocycles. The minimum absolute atomic E-state index is 0.0704. The number of Topliss-reactive ketones (excluding diaryl/α,β-unsaturated/α-hetero) is 1. The van der Waals surface area contributed by atoms with Crippen LogP contribution in [-0.4, -0.2) is 18.2 Å². The summed E-state index contributed by atoms with van der Waals surface area (Å²) in [4.78, 5) is 23.7. The summed E-state index contributed by atoms with van der Waals surface area (Å²) in [6.45, 7) is 5.87. The number of ketones is 1. The van der Waals surface area contributed by atoms with Gasteiger partial charge in [0.15, 0.2) is 5.78 Å². The molecule has 2 aromatic rings. The zero-order chi connectivity index (χ0) is 16.8. The average molecular weight is 310 g/mol. The fourth-order valence-corrected chi connectivity index (χ4v) is 2.43. The summed E-state index contributed by atoms with van der Waals surface area (Å²) < 4.78 is 0. The van der Waals surface area contributed by atoms with Crippen molar-refractivity contribution in [2.75, 3.05) is 17.2 Å². The van der Waals surface area contributed by atoms with Gasteiger partial charge in [-0.1, -0.05) is 44.2 Å². The highest BCUT2D eigenvalue weighted by atomic mass is 16.2. The van der Waals surface area contributed by atoms with E-state index in [1.54, 1.807) is 24.3 Å². The first-order valence-corrected chi connectivity index (χ1v) is 7.71. The third kappa shape index (κ3) is 4.42. The molecule has 0 aliphatic heterocycles. The predicted octanol–water partition coefficient (Wildman–Crippen LogP) is 4.06. The van der Waals surface area contributed by atoms with E-state index in [2.05, 4.69) is 30.5 Å². The average Bonchev–Trinajstić information content (AvgIpc) is 2.53. The van der Waals surface area contributed by atoms with Crippen molar-refractivity contribution in [3.05, 3.63) is 59.7 Å². The summed E-state index contributed by atoms with van der Waals surface area (Å²) in [7, 11) is 0. The molecule has 0 heterocycles. The monoisotopic (exact) mass is 310 g/mol. The quantitative estimate of drug-likeness (QED) is 0.791. The number of amides is 1. The second kappa shape index (κ2) is 7.58. The predicted molar refractivity (Wildman–Crippen MR) is 94.1 cm³/mol. The van der Waals surface area contributed by atoms with Crippen molar-refractivity contribution in [2.45, 2.75) is 26.7 Å². The Labute approximate surface area is 136 Å². The lowest BCUT2D eigenvalue weighted by Gasteiger charge is -2.15. The molecule has 2 rings (SSSR count). The number of anilines is 2. The van der Waals surface area contributed by atoms with E-state index in [0.717, 1.165) is 5.69 Å². The zero-order valence-corrected chi connectivity index (χ0v) is 13.7. The molecule has 0 bridgehead atoms. The Hall–Kier alpha value is -2.62. The third-order valence-electron chi connectivity index (χ3n) is 3.60. The van der Waals surface area contributed by atoms with Gasteiger partial charge in [0.05, 0.1) is 12.2 Å². The van der Waals surface area contributed by atoms with E-state index in [1.165, 1.54) is 12.5 Å². The van der Waals surface area contributed by atoms with Gasteiger partial charge < -0.3 is 10.6 Å². The molecule has 0 fully saturated rings. The highest BCUT2D eigenvalue weighted by Crippen LogP contribution is 2.23. The number of para-hydroxylation sites is 2. The molecule has 0 aliphatic carbocycles. The fraction of sp³-hybridized carbons (Fsp3) is 0.263. The van der Waals surface area contributed by atoms with Crippen LogP contribution in [0.15, 0.2) is 48.5 Å². The van der Waals surface area contributed by atoms with Crippen LogP contribution in [0.2, 0.25) is 0 Å². The maximum atomic E-state index is 12.2. The van der Waals surface area contributed by atoms with Crippen LogP contribution in [-0.2, 0) is 4.79 Å². The molecule has 4 nitrogen and oxygen atoms in total.